The topological polar surface area (TPSA) is 83.6 Å². The Balaban J connectivity index is 1.89. The highest BCUT2D eigenvalue weighted by Crippen LogP contribution is 2.13. The van der Waals surface area contributed by atoms with Crippen LogP contribution in [0.3, 0.4) is 0 Å². The minimum absolute atomic E-state index is 0.00657. The van der Waals surface area contributed by atoms with Gasteiger partial charge in [-0.2, -0.15) is 0 Å². The lowest BCUT2D eigenvalue weighted by Crippen LogP contribution is -2.23. The van der Waals surface area contributed by atoms with Crippen molar-refractivity contribution in [3.05, 3.63) is 60.2 Å². The van der Waals surface area contributed by atoms with Crippen LogP contribution in [-0.2, 0) is 25.8 Å². The molecule has 1 N–H and O–H groups in total. The first-order valence-electron chi connectivity index (χ1n) is 8.15. The van der Waals surface area contributed by atoms with Gasteiger partial charge in [0.2, 0.25) is 11.8 Å². The zero-order valence-corrected chi connectivity index (χ0v) is 15.6. The summed E-state index contributed by atoms with van der Waals surface area (Å²) < 4.78 is 24.4. The molecule has 0 aliphatic carbocycles. The number of amides is 2. The molecule has 2 aromatic rings. The highest BCUT2D eigenvalue weighted by Gasteiger charge is 2.16. The number of likely N-dealkylation sites (N-methyl/N-ethyl adjacent to an activating group) is 1. The number of nitrogens with one attached hydrogen (secondary N) is 1. The second-order valence-electron chi connectivity index (χ2n) is 6.09. The zero-order valence-electron chi connectivity index (χ0n) is 14.8. The molecule has 0 saturated heterocycles. The molecule has 7 heteroatoms. The third kappa shape index (κ3) is 5.70. The number of hydrogen-bond acceptors (Lipinski definition) is 4. The number of sulfone groups is 1. The number of benzene rings is 2. The zero-order chi connectivity index (χ0) is 19.2. The summed E-state index contributed by atoms with van der Waals surface area (Å²) in [5.74, 6) is -0.632. The van der Waals surface area contributed by atoms with Crippen LogP contribution >= 0.6 is 0 Å². The minimum Gasteiger partial charge on any atom is -0.349 e. The second-order valence-corrected chi connectivity index (χ2v) is 8.20. The summed E-state index contributed by atoms with van der Waals surface area (Å²) in [7, 11) is -0.0892. The van der Waals surface area contributed by atoms with Crippen molar-refractivity contribution >= 4 is 27.3 Å². The molecule has 0 aliphatic heterocycles. The Labute approximate surface area is 153 Å². The molecule has 0 saturated carbocycles. The van der Waals surface area contributed by atoms with Gasteiger partial charge in [0.1, 0.15) is 0 Å². The van der Waals surface area contributed by atoms with E-state index in [0.717, 1.165) is 5.56 Å². The lowest BCUT2D eigenvalue weighted by atomic mass is 10.1. The number of rotatable bonds is 7. The summed E-state index contributed by atoms with van der Waals surface area (Å²) >= 11 is 0. The second kappa shape index (κ2) is 8.62. The van der Waals surface area contributed by atoms with Crippen molar-refractivity contribution in [3.63, 3.8) is 0 Å². The molecule has 0 bridgehead atoms. The highest BCUT2D eigenvalue weighted by molar-refractivity contribution is 7.91. The number of carbonyl (C=O) groups excluding carboxylic acids is 2. The summed E-state index contributed by atoms with van der Waals surface area (Å²) in [5.41, 5.74) is 1.40. The highest BCUT2D eigenvalue weighted by atomic mass is 32.2. The van der Waals surface area contributed by atoms with Gasteiger partial charge in [-0.1, -0.05) is 30.3 Å². The molecule has 0 spiro atoms. The first-order chi connectivity index (χ1) is 12.3. The number of carbonyl (C=O) groups is 2. The predicted octanol–water partition coefficient (Wildman–Crippen LogP) is 2.12. The Hall–Kier alpha value is -2.67. The molecule has 0 fully saturated rings. The van der Waals surface area contributed by atoms with Crippen molar-refractivity contribution < 1.29 is 18.0 Å². The summed E-state index contributed by atoms with van der Waals surface area (Å²) in [4.78, 5) is 25.4. The number of nitrogens with zero attached hydrogens (tertiary/aromatic N) is 1. The van der Waals surface area contributed by atoms with E-state index in [0.29, 0.717) is 5.69 Å². The van der Waals surface area contributed by atoms with E-state index in [9.17, 15) is 18.0 Å². The average molecular weight is 374 g/mol. The van der Waals surface area contributed by atoms with E-state index in [4.69, 9.17) is 0 Å². The fourth-order valence-electron chi connectivity index (χ4n) is 2.23. The molecule has 2 rings (SSSR count). The van der Waals surface area contributed by atoms with E-state index in [2.05, 4.69) is 5.32 Å². The average Bonchev–Trinajstić information content (AvgIpc) is 2.62. The molecule has 0 heterocycles. The van der Waals surface area contributed by atoms with Crippen molar-refractivity contribution in [3.8, 4) is 0 Å². The van der Waals surface area contributed by atoms with Gasteiger partial charge in [-0.25, -0.2) is 8.42 Å². The summed E-state index contributed by atoms with van der Waals surface area (Å²) in [6.45, 7) is 0. The fourth-order valence-corrected chi connectivity index (χ4v) is 3.50. The lowest BCUT2D eigenvalue weighted by Gasteiger charge is -2.10. The Morgan fingerprint density at radius 3 is 2.15 bits per heavy atom. The van der Waals surface area contributed by atoms with Crippen LogP contribution in [0.4, 0.5) is 5.69 Å². The van der Waals surface area contributed by atoms with Crippen molar-refractivity contribution in [2.75, 3.05) is 25.2 Å². The van der Waals surface area contributed by atoms with Crippen LogP contribution in [0.15, 0.2) is 59.5 Å². The van der Waals surface area contributed by atoms with Crippen molar-refractivity contribution in [2.45, 2.75) is 17.7 Å². The normalized spacial score (nSPS) is 11.0. The van der Waals surface area contributed by atoms with Crippen LogP contribution in [-0.4, -0.2) is 45.0 Å². The molecule has 2 amide bonds. The fraction of sp³-hybridized carbons (Fsp3) is 0.263. The van der Waals surface area contributed by atoms with Gasteiger partial charge in [0, 0.05) is 26.2 Å². The smallest absolute Gasteiger partial charge is 0.226 e. The van der Waals surface area contributed by atoms with Crippen molar-refractivity contribution in [1.29, 1.82) is 0 Å². The Bertz CT molecular complexity index is 860. The maximum atomic E-state index is 12.2. The van der Waals surface area contributed by atoms with Crippen LogP contribution in [0.1, 0.15) is 12.0 Å². The standard InChI is InChI=1S/C19H22N2O4S/c1-21(2)19(23)14-15-8-10-16(11-9-15)20-18(22)12-13-26(24,25)17-6-4-3-5-7-17/h3-11H,12-14H2,1-2H3,(H,20,22). The monoisotopic (exact) mass is 374 g/mol. The van der Waals surface area contributed by atoms with Crippen LogP contribution in [0.25, 0.3) is 0 Å². The van der Waals surface area contributed by atoms with Crippen molar-refractivity contribution in [1.82, 2.24) is 4.90 Å². The molecular formula is C19H22N2O4S. The van der Waals surface area contributed by atoms with Crippen molar-refractivity contribution in [2.24, 2.45) is 0 Å². The summed E-state index contributed by atoms with van der Waals surface area (Å²) in [5, 5.41) is 2.67. The first kappa shape index (κ1) is 19.7. The molecular weight excluding hydrogens is 352 g/mol. The third-order valence-electron chi connectivity index (χ3n) is 3.79. The minimum atomic E-state index is -3.48. The van der Waals surface area contributed by atoms with E-state index in [1.54, 1.807) is 56.6 Å². The van der Waals surface area contributed by atoms with Gasteiger partial charge >= 0.3 is 0 Å². The number of hydrogen-bond donors (Lipinski definition) is 1. The van der Waals surface area contributed by atoms with E-state index in [1.165, 1.54) is 17.0 Å². The molecule has 0 unspecified atom stereocenters. The van der Waals surface area contributed by atoms with Crippen LogP contribution in [0, 0.1) is 0 Å². The molecule has 0 radical (unpaired) electrons. The molecule has 0 atom stereocenters. The molecule has 0 aliphatic rings. The van der Waals surface area contributed by atoms with Crippen LogP contribution < -0.4 is 5.32 Å². The quantitative estimate of drug-likeness (QED) is 0.805. The molecule has 6 nitrogen and oxygen atoms in total. The Morgan fingerprint density at radius 2 is 1.58 bits per heavy atom. The molecule has 26 heavy (non-hydrogen) atoms. The van der Waals surface area contributed by atoms with Gasteiger partial charge in [-0.05, 0) is 29.8 Å². The largest absolute Gasteiger partial charge is 0.349 e. The van der Waals surface area contributed by atoms with Gasteiger partial charge < -0.3 is 10.2 Å². The maximum absolute atomic E-state index is 12.2. The van der Waals surface area contributed by atoms with Gasteiger partial charge in [-0.3, -0.25) is 9.59 Å². The molecule has 138 valence electrons. The van der Waals surface area contributed by atoms with E-state index in [1.807, 2.05) is 0 Å². The number of anilines is 1. The summed E-state index contributed by atoms with van der Waals surface area (Å²) in [6.07, 6.45) is 0.161. The Morgan fingerprint density at radius 1 is 0.962 bits per heavy atom. The third-order valence-corrected chi connectivity index (χ3v) is 5.52. The Kier molecular flexibility index (Phi) is 6.52. The predicted molar refractivity (Wildman–Crippen MR) is 101 cm³/mol. The SMILES string of the molecule is CN(C)C(=O)Cc1ccc(NC(=O)CCS(=O)(=O)c2ccccc2)cc1. The van der Waals surface area contributed by atoms with Gasteiger partial charge in [-0.15, -0.1) is 0 Å². The van der Waals surface area contributed by atoms with E-state index >= 15 is 0 Å². The molecule has 0 aromatic heterocycles. The molecule has 2 aromatic carbocycles. The lowest BCUT2D eigenvalue weighted by molar-refractivity contribution is -0.128. The van der Waals surface area contributed by atoms with Crippen LogP contribution in [0.2, 0.25) is 0 Å². The summed E-state index contributed by atoms with van der Waals surface area (Å²) in [6, 6.07) is 15.0. The van der Waals surface area contributed by atoms with Gasteiger partial charge in [0.25, 0.3) is 0 Å². The van der Waals surface area contributed by atoms with Gasteiger partial charge in [0.15, 0.2) is 9.84 Å². The van der Waals surface area contributed by atoms with Gasteiger partial charge in [0.05, 0.1) is 17.1 Å². The van der Waals surface area contributed by atoms with Crippen LogP contribution in [0.5, 0.6) is 0 Å². The van der Waals surface area contributed by atoms with E-state index < -0.39 is 9.84 Å². The first-order valence-corrected chi connectivity index (χ1v) is 9.80. The maximum Gasteiger partial charge on any atom is 0.226 e. The van der Waals surface area contributed by atoms with E-state index in [-0.39, 0.29) is 35.3 Å².